The molecule has 3 N–H and O–H groups in total. The van der Waals surface area contributed by atoms with Crippen LogP contribution in [0.2, 0.25) is 0 Å². The van der Waals surface area contributed by atoms with Crippen molar-refractivity contribution in [3.8, 4) is 0 Å². The Kier molecular flexibility index (Phi) is 6.52. The molecular formula is C13H26N6. The Balaban J connectivity index is 2.52. The molecule has 0 saturated carbocycles. The van der Waals surface area contributed by atoms with Crippen LogP contribution < -0.4 is 16.0 Å². The first-order chi connectivity index (χ1) is 9.04. The number of rotatable bonds is 8. The molecule has 1 atom stereocenters. The number of aromatic nitrogens is 2. The minimum atomic E-state index is 0.261. The van der Waals surface area contributed by atoms with E-state index in [1.807, 2.05) is 13.1 Å². The van der Waals surface area contributed by atoms with E-state index in [0.717, 1.165) is 31.1 Å². The normalized spacial score (nSPS) is 12.5. The number of nitrogens with zero attached hydrogens (tertiary/aromatic N) is 4. The fourth-order valence-corrected chi connectivity index (χ4v) is 1.63. The molecule has 1 heterocycles. The van der Waals surface area contributed by atoms with E-state index in [-0.39, 0.29) is 6.04 Å². The van der Waals surface area contributed by atoms with Gasteiger partial charge in [0, 0.05) is 32.2 Å². The maximum absolute atomic E-state index is 5.67. The first kappa shape index (κ1) is 15.7. The van der Waals surface area contributed by atoms with E-state index in [9.17, 15) is 0 Å². The Morgan fingerprint density at radius 3 is 2.68 bits per heavy atom. The van der Waals surface area contributed by atoms with Gasteiger partial charge in [-0.15, -0.1) is 0 Å². The Bertz CT molecular complexity index is 368. The topological polar surface area (TPSA) is 70.3 Å². The molecule has 0 saturated heterocycles. The van der Waals surface area contributed by atoms with Crippen LogP contribution >= 0.6 is 0 Å². The second kappa shape index (κ2) is 7.91. The average Bonchev–Trinajstić information content (AvgIpc) is 2.42. The highest BCUT2D eigenvalue weighted by atomic mass is 15.2. The largest absolute Gasteiger partial charge is 0.370 e. The molecule has 1 aromatic rings. The average molecular weight is 266 g/mol. The minimum absolute atomic E-state index is 0.261. The zero-order valence-electron chi connectivity index (χ0n) is 12.4. The highest BCUT2D eigenvalue weighted by molar-refractivity contribution is 5.48. The van der Waals surface area contributed by atoms with Crippen molar-refractivity contribution in [1.29, 1.82) is 0 Å². The molecule has 1 unspecified atom stereocenters. The molecule has 1 aromatic heterocycles. The quantitative estimate of drug-likeness (QED) is 0.672. The van der Waals surface area contributed by atoms with Gasteiger partial charge in [0.05, 0.1) is 0 Å². The smallest absolute Gasteiger partial charge is 0.134 e. The molecule has 0 fully saturated rings. The third-order valence-corrected chi connectivity index (χ3v) is 3.10. The van der Waals surface area contributed by atoms with Gasteiger partial charge in [0.15, 0.2) is 0 Å². The van der Waals surface area contributed by atoms with Gasteiger partial charge in [-0.3, -0.25) is 0 Å². The summed E-state index contributed by atoms with van der Waals surface area (Å²) in [4.78, 5) is 12.7. The number of anilines is 2. The van der Waals surface area contributed by atoms with Crippen LogP contribution in [0.15, 0.2) is 12.4 Å². The third-order valence-electron chi connectivity index (χ3n) is 3.10. The summed E-state index contributed by atoms with van der Waals surface area (Å²) < 4.78 is 0. The number of hydrogen-bond donors (Lipinski definition) is 2. The molecule has 0 radical (unpaired) electrons. The SMILES string of the molecule is CC(CN)N(C)c1cc(NCCCN(C)C)ncn1. The van der Waals surface area contributed by atoms with Crippen LogP contribution in [0.25, 0.3) is 0 Å². The summed E-state index contributed by atoms with van der Waals surface area (Å²) >= 11 is 0. The van der Waals surface area contributed by atoms with Crippen LogP contribution in [-0.4, -0.2) is 61.7 Å². The minimum Gasteiger partial charge on any atom is -0.370 e. The van der Waals surface area contributed by atoms with Gasteiger partial charge in [-0.05, 0) is 34.0 Å². The molecular weight excluding hydrogens is 240 g/mol. The maximum atomic E-state index is 5.67. The Morgan fingerprint density at radius 2 is 2.05 bits per heavy atom. The Morgan fingerprint density at radius 1 is 1.32 bits per heavy atom. The van der Waals surface area contributed by atoms with Crippen molar-refractivity contribution in [3.05, 3.63) is 12.4 Å². The van der Waals surface area contributed by atoms with Crippen molar-refractivity contribution in [2.45, 2.75) is 19.4 Å². The van der Waals surface area contributed by atoms with E-state index in [2.05, 4.69) is 46.1 Å². The lowest BCUT2D eigenvalue weighted by atomic mass is 10.3. The number of nitrogens with one attached hydrogen (secondary N) is 1. The van der Waals surface area contributed by atoms with Crippen molar-refractivity contribution in [1.82, 2.24) is 14.9 Å². The fourth-order valence-electron chi connectivity index (χ4n) is 1.63. The second-order valence-corrected chi connectivity index (χ2v) is 5.04. The molecule has 0 aliphatic carbocycles. The van der Waals surface area contributed by atoms with Crippen molar-refractivity contribution in [2.75, 3.05) is 51.0 Å². The van der Waals surface area contributed by atoms with Crippen LogP contribution in [0.3, 0.4) is 0 Å². The van der Waals surface area contributed by atoms with E-state index in [1.54, 1.807) is 6.33 Å². The maximum Gasteiger partial charge on any atom is 0.134 e. The van der Waals surface area contributed by atoms with Crippen LogP contribution in [0, 0.1) is 0 Å². The molecule has 0 bridgehead atoms. The molecule has 0 aromatic carbocycles. The predicted molar refractivity (Wildman–Crippen MR) is 80.6 cm³/mol. The highest BCUT2D eigenvalue weighted by Gasteiger charge is 2.10. The predicted octanol–water partition coefficient (Wildman–Crippen LogP) is 0.624. The highest BCUT2D eigenvalue weighted by Crippen LogP contribution is 2.14. The molecule has 1 rings (SSSR count). The summed E-state index contributed by atoms with van der Waals surface area (Å²) in [6.45, 7) is 4.65. The van der Waals surface area contributed by atoms with Gasteiger partial charge in [-0.1, -0.05) is 0 Å². The molecule has 108 valence electrons. The number of likely N-dealkylation sites (N-methyl/N-ethyl adjacent to an activating group) is 1. The summed E-state index contributed by atoms with van der Waals surface area (Å²) in [6.07, 6.45) is 2.67. The lowest BCUT2D eigenvalue weighted by Gasteiger charge is -2.24. The summed E-state index contributed by atoms with van der Waals surface area (Å²) in [6, 6.07) is 2.22. The van der Waals surface area contributed by atoms with Crippen LogP contribution in [0.1, 0.15) is 13.3 Å². The van der Waals surface area contributed by atoms with Gasteiger partial charge >= 0.3 is 0 Å². The second-order valence-electron chi connectivity index (χ2n) is 5.04. The first-order valence-corrected chi connectivity index (χ1v) is 6.68. The number of nitrogens with two attached hydrogens (primary N) is 1. The van der Waals surface area contributed by atoms with Gasteiger partial charge in [-0.25, -0.2) is 9.97 Å². The Hall–Kier alpha value is -1.40. The van der Waals surface area contributed by atoms with E-state index in [1.165, 1.54) is 0 Å². The molecule has 0 aliphatic heterocycles. The lowest BCUT2D eigenvalue weighted by molar-refractivity contribution is 0.405. The lowest BCUT2D eigenvalue weighted by Crippen LogP contribution is -2.35. The summed E-state index contributed by atoms with van der Waals surface area (Å²) in [5.74, 6) is 1.75. The monoisotopic (exact) mass is 266 g/mol. The molecule has 6 nitrogen and oxygen atoms in total. The van der Waals surface area contributed by atoms with E-state index >= 15 is 0 Å². The summed E-state index contributed by atoms with van der Waals surface area (Å²) in [5, 5.41) is 3.32. The van der Waals surface area contributed by atoms with Gasteiger partial charge in [0.1, 0.15) is 18.0 Å². The molecule has 0 spiro atoms. The molecule has 19 heavy (non-hydrogen) atoms. The summed E-state index contributed by atoms with van der Waals surface area (Å²) in [7, 11) is 6.15. The van der Waals surface area contributed by atoms with Crippen molar-refractivity contribution >= 4 is 11.6 Å². The van der Waals surface area contributed by atoms with Crippen LogP contribution in [0.5, 0.6) is 0 Å². The van der Waals surface area contributed by atoms with Crippen LogP contribution in [0.4, 0.5) is 11.6 Å². The summed E-state index contributed by atoms with van der Waals surface area (Å²) in [5.41, 5.74) is 5.67. The van der Waals surface area contributed by atoms with Gasteiger partial charge < -0.3 is 20.9 Å². The number of hydrogen-bond acceptors (Lipinski definition) is 6. The van der Waals surface area contributed by atoms with Crippen molar-refractivity contribution in [2.24, 2.45) is 5.73 Å². The fraction of sp³-hybridized carbons (Fsp3) is 0.692. The van der Waals surface area contributed by atoms with Gasteiger partial charge in [0.25, 0.3) is 0 Å². The molecule has 0 aliphatic rings. The standard InChI is InChI=1S/C13H26N6/c1-11(9-14)19(4)13-8-12(16-10-17-13)15-6-5-7-18(2)3/h8,10-11H,5-7,9,14H2,1-4H3,(H,15,16,17). The molecule has 6 heteroatoms. The van der Waals surface area contributed by atoms with Crippen molar-refractivity contribution < 1.29 is 0 Å². The first-order valence-electron chi connectivity index (χ1n) is 6.68. The van der Waals surface area contributed by atoms with Gasteiger partial charge in [-0.2, -0.15) is 0 Å². The Labute approximate surface area is 116 Å². The zero-order chi connectivity index (χ0) is 14.3. The molecule has 0 amide bonds. The third kappa shape index (κ3) is 5.40. The van der Waals surface area contributed by atoms with Crippen LogP contribution in [-0.2, 0) is 0 Å². The van der Waals surface area contributed by atoms with E-state index < -0.39 is 0 Å². The van der Waals surface area contributed by atoms with Gasteiger partial charge in [0.2, 0.25) is 0 Å². The zero-order valence-corrected chi connectivity index (χ0v) is 12.4. The van der Waals surface area contributed by atoms with E-state index in [4.69, 9.17) is 5.73 Å². The van der Waals surface area contributed by atoms with Crippen molar-refractivity contribution in [3.63, 3.8) is 0 Å². The van der Waals surface area contributed by atoms with E-state index in [0.29, 0.717) is 6.54 Å².